The van der Waals surface area contributed by atoms with Crippen LogP contribution in [-0.4, -0.2) is 33.4 Å². The van der Waals surface area contributed by atoms with Gasteiger partial charge in [0.25, 0.3) is 0 Å². The van der Waals surface area contributed by atoms with E-state index in [2.05, 4.69) is 47.2 Å². The van der Waals surface area contributed by atoms with Crippen molar-refractivity contribution < 1.29 is 9.47 Å². The molecular formula is C15H24BrNO2. The minimum atomic E-state index is 0.722. The molecule has 1 rings (SSSR count). The van der Waals surface area contributed by atoms with Gasteiger partial charge in [0.05, 0.1) is 20.3 Å². The van der Waals surface area contributed by atoms with Crippen LogP contribution in [0, 0.1) is 6.92 Å². The van der Waals surface area contributed by atoms with Gasteiger partial charge in [0.1, 0.15) is 5.75 Å². The summed E-state index contributed by atoms with van der Waals surface area (Å²) < 4.78 is 12.1. The monoisotopic (exact) mass is 329 g/mol. The molecule has 1 aromatic carbocycles. The third-order valence-corrected chi connectivity index (χ3v) is 3.78. The maximum atomic E-state index is 5.62. The average molecular weight is 330 g/mol. The second kappa shape index (κ2) is 9.34. The van der Waals surface area contributed by atoms with Crippen LogP contribution in [0.4, 0.5) is 0 Å². The number of nitrogens with one attached hydrogen (secondary N) is 1. The lowest BCUT2D eigenvalue weighted by Gasteiger charge is -2.11. The number of methoxy groups -OCH3 is 1. The Kier molecular flexibility index (Phi) is 8.10. The van der Waals surface area contributed by atoms with Crippen molar-refractivity contribution in [3.8, 4) is 5.75 Å². The predicted octanol–water partition coefficient (Wildman–Crippen LogP) is 3.32. The minimum Gasteiger partial charge on any atom is -0.496 e. The SMILES string of the molecule is CCCNCCOCCc1cc(Br)c(C)cc1OC. The Labute approximate surface area is 124 Å². The van der Waals surface area contributed by atoms with Crippen molar-refractivity contribution in [2.24, 2.45) is 0 Å². The van der Waals surface area contributed by atoms with Crippen LogP contribution < -0.4 is 10.1 Å². The normalized spacial score (nSPS) is 10.7. The number of hydrogen-bond donors (Lipinski definition) is 1. The lowest BCUT2D eigenvalue weighted by atomic mass is 10.1. The Morgan fingerprint density at radius 1 is 1.21 bits per heavy atom. The predicted molar refractivity (Wildman–Crippen MR) is 83.1 cm³/mol. The van der Waals surface area contributed by atoms with E-state index in [1.165, 1.54) is 11.1 Å². The molecule has 0 saturated carbocycles. The van der Waals surface area contributed by atoms with E-state index in [1.54, 1.807) is 7.11 Å². The Morgan fingerprint density at radius 2 is 2.00 bits per heavy atom. The van der Waals surface area contributed by atoms with E-state index >= 15 is 0 Å². The number of halogens is 1. The van der Waals surface area contributed by atoms with Gasteiger partial charge in [-0.2, -0.15) is 0 Å². The zero-order chi connectivity index (χ0) is 14.1. The van der Waals surface area contributed by atoms with Crippen LogP contribution in [0.25, 0.3) is 0 Å². The van der Waals surface area contributed by atoms with Crippen LogP contribution in [0.3, 0.4) is 0 Å². The molecular weight excluding hydrogens is 306 g/mol. The van der Waals surface area contributed by atoms with Crippen molar-refractivity contribution >= 4 is 15.9 Å². The van der Waals surface area contributed by atoms with Gasteiger partial charge >= 0.3 is 0 Å². The van der Waals surface area contributed by atoms with E-state index in [9.17, 15) is 0 Å². The van der Waals surface area contributed by atoms with E-state index in [0.29, 0.717) is 0 Å². The first-order valence-electron chi connectivity index (χ1n) is 6.80. The molecule has 0 aromatic heterocycles. The van der Waals surface area contributed by atoms with Gasteiger partial charge < -0.3 is 14.8 Å². The smallest absolute Gasteiger partial charge is 0.122 e. The van der Waals surface area contributed by atoms with Gasteiger partial charge in [-0.25, -0.2) is 0 Å². The maximum Gasteiger partial charge on any atom is 0.122 e. The molecule has 4 heteroatoms. The summed E-state index contributed by atoms with van der Waals surface area (Å²) in [5.41, 5.74) is 2.37. The summed E-state index contributed by atoms with van der Waals surface area (Å²) in [4.78, 5) is 0. The first kappa shape index (κ1) is 16.5. The highest BCUT2D eigenvalue weighted by Crippen LogP contribution is 2.27. The molecule has 0 aliphatic heterocycles. The third kappa shape index (κ3) is 5.93. The fraction of sp³-hybridized carbons (Fsp3) is 0.600. The second-order valence-electron chi connectivity index (χ2n) is 4.53. The van der Waals surface area contributed by atoms with Crippen molar-refractivity contribution in [1.29, 1.82) is 0 Å². The van der Waals surface area contributed by atoms with Gasteiger partial charge in [-0.3, -0.25) is 0 Å². The molecule has 1 N–H and O–H groups in total. The van der Waals surface area contributed by atoms with Crippen molar-refractivity contribution in [3.63, 3.8) is 0 Å². The highest BCUT2D eigenvalue weighted by Gasteiger charge is 2.06. The lowest BCUT2D eigenvalue weighted by molar-refractivity contribution is 0.138. The van der Waals surface area contributed by atoms with Crippen LogP contribution in [0.1, 0.15) is 24.5 Å². The zero-order valence-electron chi connectivity index (χ0n) is 12.1. The molecule has 0 atom stereocenters. The summed E-state index contributed by atoms with van der Waals surface area (Å²) in [6.07, 6.45) is 2.03. The van der Waals surface area contributed by atoms with Gasteiger partial charge in [0.15, 0.2) is 0 Å². The molecule has 0 amide bonds. The molecule has 0 saturated heterocycles. The molecule has 0 fully saturated rings. The molecule has 3 nitrogen and oxygen atoms in total. The fourth-order valence-electron chi connectivity index (χ4n) is 1.81. The topological polar surface area (TPSA) is 30.5 Å². The van der Waals surface area contributed by atoms with Gasteiger partial charge in [-0.1, -0.05) is 22.9 Å². The first-order valence-corrected chi connectivity index (χ1v) is 7.59. The van der Waals surface area contributed by atoms with Crippen LogP contribution in [-0.2, 0) is 11.2 Å². The van der Waals surface area contributed by atoms with E-state index in [4.69, 9.17) is 9.47 Å². The Morgan fingerprint density at radius 3 is 2.68 bits per heavy atom. The van der Waals surface area contributed by atoms with Crippen LogP contribution in [0.5, 0.6) is 5.75 Å². The van der Waals surface area contributed by atoms with E-state index in [1.807, 2.05) is 0 Å². The van der Waals surface area contributed by atoms with Gasteiger partial charge in [0.2, 0.25) is 0 Å². The number of ether oxygens (including phenoxy) is 2. The summed E-state index contributed by atoms with van der Waals surface area (Å²) in [7, 11) is 1.71. The molecule has 19 heavy (non-hydrogen) atoms. The second-order valence-corrected chi connectivity index (χ2v) is 5.38. The van der Waals surface area contributed by atoms with E-state index in [0.717, 1.165) is 49.4 Å². The molecule has 0 spiro atoms. The van der Waals surface area contributed by atoms with Crippen molar-refractivity contribution in [2.45, 2.75) is 26.7 Å². The van der Waals surface area contributed by atoms with E-state index in [-0.39, 0.29) is 0 Å². The molecule has 0 heterocycles. The summed E-state index contributed by atoms with van der Waals surface area (Å²) in [5, 5.41) is 3.32. The average Bonchev–Trinajstić information content (AvgIpc) is 2.41. The molecule has 108 valence electrons. The van der Waals surface area contributed by atoms with Crippen LogP contribution >= 0.6 is 15.9 Å². The quantitative estimate of drug-likeness (QED) is 0.705. The summed E-state index contributed by atoms with van der Waals surface area (Å²) in [5.74, 6) is 0.938. The highest BCUT2D eigenvalue weighted by atomic mass is 79.9. The minimum absolute atomic E-state index is 0.722. The Hall–Kier alpha value is -0.580. The van der Waals surface area contributed by atoms with Crippen LogP contribution in [0.15, 0.2) is 16.6 Å². The standard InChI is InChI=1S/C15H24BrNO2/c1-4-6-17-7-9-19-8-5-13-11-14(16)12(2)10-15(13)18-3/h10-11,17H,4-9H2,1-3H3. The van der Waals surface area contributed by atoms with Crippen molar-refractivity contribution in [2.75, 3.05) is 33.4 Å². The number of rotatable bonds is 9. The molecule has 0 aliphatic rings. The highest BCUT2D eigenvalue weighted by molar-refractivity contribution is 9.10. The molecule has 0 radical (unpaired) electrons. The number of aryl methyl sites for hydroxylation is 1. The summed E-state index contributed by atoms with van der Waals surface area (Å²) >= 11 is 3.55. The van der Waals surface area contributed by atoms with Crippen molar-refractivity contribution in [3.05, 3.63) is 27.7 Å². The molecule has 0 unspecified atom stereocenters. The Bertz CT molecular complexity index is 383. The maximum absolute atomic E-state index is 5.62. The van der Waals surface area contributed by atoms with E-state index < -0.39 is 0 Å². The zero-order valence-corrected chi connectivity index (χ0v) is 13.7. The largest absolute Gasteiger partial charge is 0.496 e. The molecule has 1 aromatic rings. The van der Waals surface area contributed by atoms with Gasteiger partial charge in [-0.15, -0.1) is 0 Å². The molecule has 0 bridgehead atoms. The summed E-state index contributed by atoms with van der Waals surface area (Å²) in [6.45, 7) is 7.68. The Balaban J connectivity index is 2.34. The fourth-order valence-corrected chi connectivity index (χ4v) is 2.20. The number of benzene rings is 1. The molecule has 0 aliphatic carbocycles. The van der Waals surface area contributed by atoms with Crippen molar-refractivity contribution in [1.82, 2.24) is 5.32 Å². The number of hydrogen-bond acceptors (Lipinski definition) is 3. The van der Waals surface area contributed by atoms with Crippen LogP contribution in [0.2, 0.25) is 0 Å². The summed E-state index contributed by atoms with van der Waals surface area (Å²) in [6, 6.07) is 4.18. The lowest BCUT2D eigenvalue weighted by Crippen LogP contribution is -2.20. The third-order valence-electron chi connectivity index (χ3n) is 2.93. The first-order chi connectivity index (χ1) is 9.19. The van der Waals surface area contributed by atoms with Gasteiger partial charge in [0, 0.05) is 11.0 Å². The van der Waals surface area contributed by atoms with Gasteiger partial charge in [-0.05, 0) is 49.6 Å².